The maximum absolute atomic E-state index is 12.9. The standard InChI is InChI=1S/C23H23N3O2/c1-3-26(16-18-8-5-4-6-9-18)23(28)20-13-22(15-24-14-20)25-21-11-7-10-19(12-21)17(2)27/h4-15,25H,3,16H2,1-2H3. The fourth-order valence-electron chi connectivity index (χ4n) is 2.92. The fourth-order valence-corrected chi connectivity index (χ4v) is 2.92. The second kappa shape index (κ2) is 8.95. The minimum Gasteiger partial charge on any atom is -0.354 e. The van der Waals surface area contributed by atoms with Crippen molar-refractivity contribution in [2.24, 2.45) is 0 Å². The monoisotopic (exact) mass is 373 g/mol. The number of amides is 1. The quantitative estimate of drug-likeness (QED) is 0.610. The molecule has 0 aliphatic rings. The summed E-state index contributed by atoms with van der Waals surface area (Å²) in [6.07, 6.45) is 3.23. The fraction of sp³-hybridized carbons (Fsp3) is 0.174. The highest BCUT2D eigenvalue weighted by Gasteiger charge is 2.15. The molecule has 0 saturated heterocycles. The molecule has 1 heterocycles. The Morgan fingerprint density at radius 1 is 0.929 bits per heavy atom. The molecule has 0 atom stereocenters. The second-order valence-electron chi connectivity index (χ2n) is 6.53. The second-order valence-corrected chi connectivity index (χ2v) is 6.53. The molecule has 3 aromatic rings. The molecule has 1 amide bonds. The third kappa shape index (κ3) is 4.82. The molecule has 0 unspecified atom stereocenters. The first-order chi connectivity index (χ1) is 13.6. The van der Waals surface area contributed by atoms with Crippen LogP contribution in [0.5, 0.6) is 0 Å². The minimum atomic E-state index is -0.0695. The first-order valence-electron chi connectivity index (χ1n) is 9.23. The van der Waals surface area contributed by atoms with Crippen LogP contribution in [0.3, 0.4) is 0 Å². The number of pyridine rings is 1. The van der Waals surface area contributed by atoms with Crippen molar-refractivity contribution in [3.63, 3.8) is 0 Å². The maximum Gasteiger partial charge on any atom is 0.255 e. The van der Waals surface area contributed by atoms with E-state index in [1.54, 1.807) is 35.5 Å². The predicted octanol–water partition coefficient (Wildman–Crippen LogP) is 4.69. The molecular formula is C23H23N3O2. The molecule has 0 radical (unpaired) electrons. The molecule has 1 aromatic heterocycles. The number of hydrogen-bond donors (Lipinski definition) is 1. The molecule has 0 fully saturated rings. The van der Waals surface area contributed by atoms with E-state index in [2.05, 4.69) is 10.3 Å². The molecule has 5 nitrogen and oxygen atoms in total. The van der Waals surface area contributed by atoms with Crippen LogP contribution in [0.1, 0.15) is 40.1 Å². The van der Waals surface area contributed by atoms with Crippen molar-refractivity contribution in [1.29, 1.82) is 0 Å². The van der Waals surface area contributed by atoms with Crippen LogP contribution < -0.4 is 5.32 Å². The van der Waals surface area contributed by atoms with Crippen LogP contribution in [0.25, 0.3) is 0 Å². The number of ketones is 1. The number of nitrogens with zero attached hydrogens (tertiary/aromatic N) is 2. The molecule has 2 aromatic carbocycles. The van der Waals surface area contributed by atoms with E-state index in [0.29, 0.717) is 29.9 Å². The van der Waals surface area contributed by atoms with Crippen molar-refractivity contribution in [1.82, 2.24) is 9.88 Å². The van der Waals surface area contributed by atoms with Gasteiger partial charge in [-0.3, -0.25) is 14.6 Å². The van der Waals surface area contributed by atoms with Gasteiger partial charge >= 0.3 is 0 Å². The highest BCUT2D eigenvalue weighted by Crippen LogP contribution is 2.19. The van der Waals surface area contributed by atoms with Gasteiger partial charge in [0.15, 0.2) is 5.78 Å². The lowest BCUT2D eigenvalue weighted by Crippen LogP contribution is -2.30. The number of carbonyl (C=O) groups is 2. The Bertz CT molecular complexity index is 970. The number of nitrogens with one attached hydrogen (secondary N) is 1. The average molecular weight is 373 g/mol. The number of aromatic nitrogens is 1. The third-order valence-electron chi connectivity index (χ3n) is 4.43. The molecule has 142 valence electrons. The molecule has 28 heavy (non-hydrogen) atoms. The lowest BCUT2D eigenvalue weighted by Gasteiger charge is -2.21. The van der Waals surface area contributed by atoms with Gasteiger partial charge in [0.1, 0.15) is 0 Å². The number of rotatable bonds is 7. The third-order valence-corrected chi connectivity index (χ3v) is 4.43. The maximum atomic E-state index is 12.9. The summed E-state index contributed by atoms with van der Waals surface area (Å²) < 4.78 is 0. The lowest BCUT2D eigenvalue weighted by molar-refractivity contribution is 0.0752. The molecule has 0 aliphatic carbocycles. The Hall–Kier alpha value is -3.47. The van der Waals surface area contributed by atoms with E-state index in [1.807, 2.05) is 49.4 Å². The number of anilines is 2. The summed E-state index contributed by atoms with van der Waals surface area (Å²) in [4.78, 5) is 30.5. The molecule has 3 rings (SSSR count). The van der Waals surface area contributed by atoms with Gasteiger partial charge in [0.2, 0.25) is 0 Å². The van der Waals surface area contributed by atoms with Crippen LogP contribution in [-0.2, 0) is 6.54 Å². The predicted molar refractivity (Wildman–Crippen MR) is 111 cm³/mol. The van der Waals surface area contributed by atoms with Crippen molar-refractivity contribution in [2.75, 3.05) is 11.9 Å². The summed E-state index contributed by atoms with van der Waals surface area (Å²) in [6, 6.07) is 18.9. The molecule has 0 bridgehead atoms. The largest absolute Gasteiger partial charge is 0.354 e. The van der Waals surface area contributed by atoms with Crippen molar-refractivity contribution in [2.45, 2.75) is 20.4 Å². The average Bonchev–Trinajstić information content (AvgIpc) is 2.72. The highest BCUT2D eigenvalue weighted by molar-refractivity contribution is 5.96. The highest BCUT2D eigenvalue weighted by atomic mass is 16.2. The first-order valence-corrected chi connectivity index (χ1v) is 9.23. The summed E-state index contributed by atoms with van der Waals surface area (Å²) in [5, 5.41) is 3.22. The smallest absolute Gasteiger partial charge is 0.255 e. The van der Waals surface area contributed by atoms with Gasteiger partial charge in [-0.2, -0.15) is 0 Å². The van der Waals surface area contributed by atoms with Gasteiger partial charge in [-0.05, 0) is 37.6 Å². The van der Waals surface area contributed by atoms with E-state index in [0.717, 1.165) is 11.3 Å². The summed E-state index contributed by atoms with van der Waals surface area (Å²) >= 11 is 0. The first kappa shape index (κ1) is 19.3. The zero-order valence-corrected chi connectivity index (χ0v) is 16.1. The van der Waals surface area contributed by atoms with Crippen molar-refractivity contribution in [3.8, 4) is 0 Å². The van der Waals surface area contributed by atoms with Crippen molar-refractivity contribution < 1.29 is 9.59 Å². The Labute approximate surface area is 165 Å². The van der Waals surface area contributed by atoms with Crippen LogP contribution >= 0.6 is 0 Å². The zero-order chi connectivity index (χ0) is 19.9. The summed E-state index contributed by atoms with van der Waals surface area (Å²) in [5.41, 5.74) is 3.70. The van der Waals surface area contributed by atoms with Gasteiger partial charge in [-0.15, -0.1) is 0 Å². The minimum absolute atomic E-state index is 0.00482. The molecule has 1 N–H and O–H groups in total. The topological polar surface area (TPSA) is 62.3 Å². The SMILES string of the molecule is CCN(Cc1ccccc1)C(=O)c1cncc(Nc2cccc(C(C)=O)c2)c1. The van der Waals surface area contributed by atoms with Gasteiger partial charge in [-0.1, -0.05) is 42.5 Å². The molecular weight excluding hydrogens is 350 g/mol. The van der Waals surface area contributed by atoms with Crippen molar-refractivity contribution >= 4 is 23.1 Å². The summed E-state index contributed by atoms with van der Waals surface area (Å²) in [7, 11) is 0. The van der Waals surface area contributed by atoms with Gasteiger partial charge in [0, 0.05) is 30.5 Å². The number of hydrogen-bond acceptors (Lipinski definition) is 4. The van der Waals surface area contributed by atoms with Crippen molar-refractivity contribution in [3.05, 3.63) is 89.7 Å². The summed E-state index contributed by atoms with van der Waals surface area (Å²) in [6.45, 7) is 4.65. The van der Waals surface area contributed by atoms with Gasteiger partial charge < -0.3 is 10.2 Å². The van der Waals surface area contributed by atoms with E-state index in [1.165, 1.54) is 6.92 Å². The van der Waals surface area contributed by atoms with Crippen LogP contribution in [0.4, 0.5) is 11.4 Å². The van der Waals surface area contributed by atoms with Crippen LogP contribution in [-0.4, -0.2) is 28.1 Å². The summed E-state index contributed by atoms with van der Waals surface area (Å²) in [5.74, 6) is -0.0646. The van der Waals surface area contributed by atoms with E-state index >= 15 is 0 Å². The Kier molecular flexibility index (Phi) is 6.17. The van der Waals surface area contributed by atoms with Gasteiger partial charge in [-0.25, -0.2) is 0 Å². The van der Waals surface area contributed by atoms with Crippen LogP contribution in [0.2, 0.25) is 0 Å². The molecule has 0 spiro atoms. The Morgan fingerprint density at radius 3 is 2.39 bits per heavy atom. The van der Waals surface area contributed by atoms with E-state index in [9.17, 15) is 9.59 Å². The Balaban J connectivity index is 1.77. The van der Waals surface area contributed by atoms with Gasteiger partial charge in [0.25, 0.3) is 5.91 Å². The van der Waals surface area contributed by atoms with Crippen LogP contribution in [0.15, 0.2) is 73.1 Å². The number of Topliss-reactive ketones (excluding diaryl/α,β-unsaturated/α-hetero) is 1. The van der Waals surface area contributed by atoms with E-state index < -0.39 is 0 Å². The number of carbonyl (C=O) groups excluding carboxylic acids is 2. The van der Waals surface area contributed by atoms with E-state index in [-0.39, 0.29) is 11.7 Å². The van der Waals surface area contributed by atoms with E-state index in [4.69, 9.17) is 0 Å². The molecule has 5 heteroatoms. The number of benzene rings is 2. The molecule has 0 aliphatic heterocycles. The lowest BCUT2D eigenvalue weighted by atomic mass is 10.1. The Morgan fingerprint density at radius 2 is 1.68 bits per heavy atom. The zero-order valence-electron chi connectivity index (χ0n) is 16.1. The van der Waals surface area contributed by atoms with Crippen LogP contribution in [0, 0.1) is 0 Å². The normalized spacial score (nSPS) is 10.4. The molecule has 0 saturated carbocycles. The van der Waals surface area contributed by atoms with Gasteiger partial charge in [0.05, 0.1) is 17.4 Å².